The number of azo groups is 1. The van der Waals surface area contributed by atoms with Crippen molar-refractivity contribution in [3.63, 3.8) is 0 Å². The van der Waals surface area contributed by atoms with Gasteiger partial charge in [-0.15, -0.1) is 10.2 Å². The number of pyridine rings is 1. The number of phenols is 1. The number of aryl methyl sites for hydroxylation is 1. The molecule has 23 heavy (non-hydrogen) atoms. The Labute approximate surface area is 133 Å². The highest BCUT2D eigenvalue weighted by atomic mass is 16.3. The van der Waals surface area contributed by atoms with Gasteiger partial charge in [0.25, 0.3) is 0 Å². The molecule has 2 aromatic heterocycles. The number of fused-ring (bicyclic) bond motifs is 1. The first kappa shape index (κ1) is 15.0. The SMILES string of the molecule is Cc1cc(O)ccc1N=Nc1c(C(C)C)nc2c(O)cccn12. The van der Waals surface area contributed by atoms with Crippen LogP contribution in [0.2, 0.25) is 0 Å². The molecule has 0 unspecified atom stereocenters. The monoisotopic (exact) mass is 310 g/mol. The third-order valence-corrected chi connectivity index (χ3v) is 3.61. The number of phenolic OH excluding ortho intramolecular Hbond substituents is 1. The van der Waals surface area contributed by atoms with Crippen LogP contribution in [0.3, 0.4) is 0 Å². The minimum atomic E-state index is 0.108. The zero-order valence-corrected chi connectivity index (χ0v) is 13.2. The van der Waals surface area contributed by atoms with Gasteiger partial charge in [0.1, 0.15) is 5.75 Å². The number of benzene rings is 1. The molecule has 6 heteroatoms. The normalized spacial score (nSPS) is 11.8. The predicted octanol–water partition coefficient (Wildman–Crippen LogP) is 4.59. The molecule has 1 aromatic carbocycles. The summed E-state index contributed by atoms with van der Waals surface area (Å²) < 4.78 is 1.73. The molecular formula is C17H18N4O2. The molecule has 0 fully saturated rings. The summed E-state index contributed by atoms with van der Waals surface area (Å²) in [6.45, 7) is 5.89. The van der Waals surface area contributed by atoms with Gasteiger partial charge in [-0.25, -0.2) is 4.98 Å². The summed E-state index contributed by atoms with van der Waals surface area (Å²) >= 11 is 0. The molecule has 3 rings (SSSR count). The predicted molar refractivity (Wildman–Crippen MR) is 88.0 cm³/mol. The highest BCUT2D eigenvalue weighted by Gasteiger charge is 2.17. The van der Waals surface area contributed by atoms with Crippen molar-refractivity contribution in [1.82, 2.24) is 9.38 Å². The maximum absolute atomic E-state index is 9.97. The molecule has 0 bridgehead atoms. The molecule has 0 aliphatic rings. The Morgan fingerprint density at radius 2 is 1.91 bits per heavy atom. The van der Waals surface area contributed by atoms with Crippen molar-refractivity contribution in [2.75, 3.05) is 0 Å². The van der Waals surface area contributed by atoms with Crippen molar-refractivity contribution < 1.29 is 10.2 Å². The third-order valence-electron chi connectivity index (χ3n) is 3.61. The number of hydrogen-bond donors (Lipinski definition) is 2. The highest BCUT2D eigenvalue weighted by molar-refractivity contribution is 5.61. The van der Waals surface area contributed by atoms with Gasteiger partial charge in [-0.05, 0) is 48.7 Å². The quantitative estimate of drug-likeness (QED) is 0.694. The molecular weight excluding hydrogens is 292 g/mol. The first-order chi connectivity index (χ1) is 11.0. The molecule has 3 aromatic rings. The van der Waals surface area contributed by atoms with Crippen LogP contribution in [0.25, 0.3) is 5.65 Å². The van der Waals surface area contributed by atoms with Crippen molar-refractivity contribution in [1.29, 1.82) is 0 Å². The van der Waals surface area contributed by atoms with Crippen LogP contribution in [0.15, 0.2) is 46.8 Å². The fourth-order valence-corrected chi connectivity index (χ4v) is 2.40. The van der Waals surface area contributed by atoms with E-state index in [1.54, 1.807) is 40.9 Å². The molecule has 0 aliphatic carbocycles. The van der Waals surface area contributed by atoms with E-state index in [-0.39, 0.29) is 17.4 Å². The van der Waals surface area contributed by atoms with Gasteiger partial charge in [-0.3, -0.25) is 4.40 Å². The lowest BCUT2D eigenvalue weighted by atomic mass is 10.1. The van der Waals surface area contributed by atoms with Gasteiger partial charge in [0, 0.05) is 6.20 Å². The van der Waals surface area contributed by atoms with Crippen LogP contribution in [0, 0.1) is 6.92 Å². The standard InChI is InChI=1S/C17H18N4O2/c1-10(2)15-17(21-8-4-5-14(23)16(21)18-15)20-19-13-7-6-12(22)9-11(13)3/h4-10,22-23H,1-3H3. The lowest BCUT2D eigenvalue weighted by Gasteiger charge is -2.03. The summed E-state index contributed by atoms with van der Waals surface area (Å²) in [5.41, 5.74) is 2.74. The summed E-state index contributed by atoms with van der Waals surface area (Å²) in [4.78, 5) is 4.48. The van der Waals surface area contributed by atoms with E-state index in [0.29, 0.717) is 17.2 Å². The molecule has 0 atom stereocenters. The molecule has 2 N–H and O–H groups in total. The number of rotatable bonds is 3. The Hall–Kier alpha value is -2.89. The second-order valence-electron chi connectivity index (χ2n) is 5.73. The highest BCUT2D eigenvalue weighted by Crippen LogP contribution is 2.33. The van der Waals surface area contributed by atoms with E-state index in [0.717, 1.165) is 11.3 Å². The molecule has 6 nitrogen and oxygen atoms in total. The number of aromatic nitrogens is 2. The molecule has 118 valence electrons. The van der Waals surface area contributed by atoms with Crippen LogP contribution in [0.4, 0.5) is 11.5 Å². The van der Waals surface area contributed by atoms with Gasteiger partial charge in [-0.1, -0.05) is 13.8 Å². The van der Waals surface area contributed by atoms with E-state index < -0.39 is 0 Å². The van der Waals surface area contributed by atoms with Crippen molar-refractivity contribution in [3.05, 3.63) is 47.8 Å². The summed E-state index contributed by atoms with van der Waals surface area (Å²) in [5, 5.41) is 28.1. The van der Waals surface area contributed by atoms with Gasteiger partial charge in [0.05, 0.1) is 11.4 Å². The van der Waals surface area contributed by atoms with Gasteiger partial charge < -0.3 is 10.2 Å². The topological polar surface area (TPSA) is 82.5 Å². The second kappa shape index (κ2) is 5.72. The Morgan fingerprint density at radius 3 is 2.61 bits per heavy atom. The van der Waals surface area contributed by atoms with E-state index in [2.05, 4.69) is 15.2 Å². The van der Waals surface area contributed by atoms with E-state index >= 15 is 0 Å². The maximum Gasteiger partial charge on any atom is 0.183 e. The van der Waals surface area contributed by atoms with E-state index in [1.807, 2.05) is 20.8 Å². The molecule has 2 heterocycles. The Balaban J connectivity index is 2.13. The van der Waals surface area contributed by atoms with Gasteiger partial charge in [-0.2, -0.15) is 0 Å². The van der Waals surface area contributed by atoms with E-state index in [9.17, 15) is 10.2 Å². The van der Waals surface area contributed by atoms with Gasteiger partial charge >= 0.3 is 0 Å². The zero-order chi connectivity index (χ0) is 16.6. The van der Waals surface area contributed by atoms with Crippen molar-refractivity contribution in [2.45, 2.75) is 26.7 Å². The Kier molecular flexibility index (Phi) is 3.73. The van der Waals surface area contributed by atoms with Crippen LogP contribution < -0.4 is 0 Å². The second-order valence-corrected chi connectivity index (χ2v) is 5.73. The van der Waals surface area contributed by atoms with Crippen LogP contribution in [0.1, 0.15) is 31.0 Å². The molecule has 0 radical (unpaired) electrons. The first-order valence-corrected chi connectivity index (χ1v) is 7.38. The first-order valence-electron chi connectivity index (χ1n) is 7.38. The molecule has 0 saturated heterocycles. The summed E-state index contributed by atoms with van der Waals surface area (Å²) in [7, 11) is 0. The van der Waals surface area contributed by atoms with Crippen LogP contribution in [-0.2, 0) is 0 Å². The molecule has 0 spiro atoms. The number of aromatic hydroxyl groups is 2. The van der Waals surface area contributed by atoms with Crippen LogP contribution in [-0.4, -0.2) is 19.6 Å². The molecule has 0 saturated carbocycles. The maximum atomic E-state index is 9.97. The minimum Gasteiger partial charge on any atom is -0.508 e. The third kappa shape index (κ3) is 2.75. The molecule has 0 aliphatic heterocycles. The lowest BCUT2D eigenvalue weighted by molar-refractivity contribution is 0.475. The summed E-state index contributed by atoms with van der Waals surface area (Å²) in [5.74, 6) is 1.04. The number of nitrogens with zero attached hydrogens (tertiary/aromatic N) is 4. The number of imidazole rings is 1. The van der Waals surface area contributed by atoms with Gasteiger partial charge in [0.15, 0.2) is 17.2 Å². The fourth-order valence-electron chi connectivity index (χ4n) is 2.40. The van der Waals surface area contributed by atoms with Crippen molar-refractivity contribution in [3.8, 4) is 11.5 Å². The van der Waals surface area contributed by atoms with Crippen LogP contribution in [0.5, 0.6) is 11.5 Å². The lowest BCUT2D eigenvalue weighted by Crippen LogP contribution is -1.87. The fraction of sp³-hybridized carbons (Fsp3) is 0.235. The smallest absolute Gasteiger partial charge is 0.183 e. The summed E-state index contributed by atoms with van der Waals surface area (Å²) in [6.07, 6.45) is 1.80. The van der Waals surface area contributed by atoms with Gasteiger partial charge in [0.2, 0.25) is 0 Å². The summed E-state index contributed by atoms with van der Waals surface area (Å²) in [6, 6.07) is 8.25. The van der Waals surface area contributed by atoms with Crippen molar-refractivity contribution in [2.24, 2.45) is 10.2 Å². The Morgan fingerprint density at radius 1 is 1.13 bits per heavy atom. The average Bonchev–Trinajstić information content (AvgIpc) is 2.87. The minimum absolute atomic E-state index is 0.108. The van der Waals surface area contributed by atoms with Crippen molar-refractivity contribution >= 4 is 17.2 Å². The van der Waals surface area contributed by atoms with Crippen LogP contribution >= 0.6 is 0 Å². The number of hydrogen-bond acceptors (Lipinski definition) is 5. The van der Waals surface area contributed by atoms with E-state index in [1.165, 1.54) is 0 Å². The Bertz CT molecular complexity index is 897. The zero-order valence-electron chi connectivity index (χ0n) is 13.2. The van der Waals surface area contributed by atoms with E-state index in [4.69, 9.17) is 0 Å². The average molecular weight is 310 g/mol. The largest absolute Gasteiger partial charge is 0.508 e. The molecule has 0 amide bonds.